The van der Waals surface area contributed by atoms with Crippen LogP contribution in [0.15, 0.2) is 42.5 Å². The average Bonchev–Trinajstić information content (AvgIpc) is 2.99. The predicted molar refractivity (Wildman–Crippen MR) is 112 cm³/mol. The maximum atomic E-state index is 12.4. The molecule has 1 aromatic carbocycles. The van der Waals surface area contributed by atoms with E-state index in [1.807, 2.05) is 24.3 Å². The van der Waals surface area contributed by atoms with E-state index in [1.165, 1.54) is 49.6 Å². The number of hydrogen-bond acceptors (Lipinski definition) is 2. The largest absolute Gasteiger partial charge is 0.368 e. The molecule has 0 saturated heterocycles. The Morgan fingerprint density at radius 2 is 1.82 bits per heavy atom. The summed E-state index contributed by atoms with van der Waals surface area (Å²) in [5.74, 6) is -0.918. The van der Waals surface area contributed by atoms with Crippen LogP contribution in [0.1, 0.15) is 66.7 Å². The average molecular weight is 380 g/mol. The van der Waals surface area contributed by atoms with Crippen molar-refractivity contribution in [2.45, 2.75) is 58.0 Å². The summed E-state index contributed by atoms with van der Waals surface area (Å²) in [7, 11) is 0. The normalized spacial score (nSPS) is 16.2. The molecule has 1 saturated carbocycles. The monoisotopic (exact) mass is 379 g/mol. The molecule has 1 unspecified atom stereocenters. The number of benzene rings is 1. The summed E-state index contributed by atoms with van der Waals surface area (Å²) < 4.78 is 2.41. The molecule has 5 heteroatoms. The Balaban J connectivity index is 1.72. The van der Waals surface area contributed by atoms with Gasteiger partial charge in [-0.25, -0.2) is 0 Å². The van der Waals surface area contributed by atoms with E-state index in [0.717, 1.165) is 5.56 Å². The number of amides is 2. The van der Waals surface area contributed by atoms with E-state index < -0.39 is 11.9 Å². The highest BCUT2D eigenvalue weighted by Crippen LogP contribution is 2.32. The highest BCUT2D eigenvalue weighted by atomic mass is 16.2. The molecule has 0 radical (unpaired) electrons. The SMILES string of the molecule is Cc1cc(/C=C/C(=O)NC(C(N)=O)c2ccccc2)c(C)n1C1CCCCC1. The third kappa shape index (κ3) is 4.53. The van der Waals surface area contributed by atoms with Crippen LogP contribution in [-0.2, 0) is 9.59 Å². The third-order valence-corrected chi connectivity index (χ3v) is 5.58. The van der Waals surface area contributed by atoms with Gasteiger partial charge in [-0.3, -0.25) is 9.59 Å². The molecule has 0 spiro atoms. The van der Waals surface area contributed by atoms with Crippen molar-refractivity contribution in [3.05, 3.63) is 65.0 Å². The summed E-state index contributed by atoms with van der Waals surface area (Å²) >= 11 is 0. The van der Waals surface area contributed by atoms with Crippen LogP contribution in [0, 0.1) is 13.8 Å². The van der Waals surface area contributed by atoms with E-state index in [4.69, 9.17) is 5.73 Å². The van der Waals surface area contributed by atoms with Crippen LogP contribution < -0.4 is 11.1 Å². The van der Waals surface area contributed by atoms with Gasteiger partial charge < -0.3 is 15.6 Å². The number of nitrogens with zero attached hydrogens (tertiary/aromatic N) is 1. The zero-order chi connectivity index (χ0) is 20.1. The van der Waals surface area contributed by atoms with Crippen LogP contribution in [0.5, 0.6) is 0 Å². The van der Waals surface area contributed by atoms with Crippen molar-refractivity contribution in [3.63, 3.8) is 0 Å². The topological polar surface area (TPSA) is 77.1 Å². The molecule has 5 nitrogen and oxygen atoms in total. The van der Waals surface area contributed by atoms with Gasteiger partial charge in [0.2, 0.25) is 11.8 Å². The van der Waals surface area contributed by atoms with E-state index >= 15 is 0 Å². The molecule has 3 rings (SSSR count). The first-order chi connectivity index (χ1) is 13.5. The standard InChI is InChI=1S/C23H29N3O2/c1-16-15-19(17(2)26(16)20-11-7-4-8-12-20)13-14-21(27)25-22(23(24)28)18-9-5-3-6-10-18/h3,5-6,9-10,13-15,20,22H,4,7-8,11-12H2,1-2H3,(H2,24,28)(H,25,27)/b14-13+. The molecule has 148 valence electrons. The fourth-order valence-electron chi connectivity index (χ4n) is 4.19. The number of aromatic nitrogens is 1. The molecule has 1 heterocycles. The van der Waals surface area contributed by atoms with Crippen LogP contribution >= 0.6 is 0 Å². The highest BCUT2D eigenvalue weighted by molar-refractivity contribution is 5.95. The number of aryl methyl sites for hydroxylation is 1. The molecule has 2 amide bonds. The van der Waals surface area contributed by atoms with E-state index in [1.54, 1.807) is 12.1 Å². The third-order valence-electron chi connectivity index (χ3n) is 5.58. The lowest BCUT2D eigenvalue weighted by molar-refractivity contribution is -0.125. The molecule has 3 N–H and O–H groups in total. The molecular weight excluding hydrogens is 350 g/mol. The van der Waals surface area contributed by atoms with Crippen molar-refractivity contribution in [1.29, 1.82) is 0 Å². The molecule has 1 fully saturated rings. The van der Waals surface area contributed by atoms with Crippen molar-refractivity contribution in [3.8, 4) is 0 Å². The smallest absolute Gasteiger partial charge is 0.244 e. The maximum Gasteiger partial charge on any atom is 0.244 e. The molecule has 1 aliphatic rings. The van der Waals surface area contributed by atoms with E-state index in [-0.39, 0.29) is 5.91 Å². The van der Waals surface area contributed by atoms with Gasteiger partial charge in [0, 0.05) is 23.5 Å². The number of nitrogens with two attached hydrogens (primary N) is 1. The van der Waals surface area contributed by atoms with E-state index in [2.05, 4.69) is 29.8 Å². The van der Waals surface area contributed by atoms with Crippen molar-refractivity contribution in [1.82, 2.24) is 9.88 Å². The van der Waals surface area contributed by atoms with Gasteiger partial charge in [0.15, 0.2) is 0 Å². The van der Waals surface area contributed by atoms with Gasteiger partial charge >= 0.3 is 0 Å². The first-order valence-electron chi connectivity index (χ1n) is 9.98. The van der Waals surface area contributed by atoms with Gasteiger partial charge in [0.25, 0.3) is 0 Å². The Labute approximate surface area is 166 Å². The number of nitrogens with one attached hydrogen (secondary N) is 1. The van der Waals surface area contributed by atoms with Gasteiger partial charge in [-0.15, -0.1) is 0 Å². The minimum absolute atomic E-state index is 0.338. The Kier molecular flexibility index (Phi) is 6.34. The number of carbonyl (C=O) groups is 2. The lowest BCUT2D eigenvalue weighted by Gasteiger charge is -2.26. The lowest BCUT2D eigenvalue weighted by Crippen LogP contribution is -2.36. The van der Waals surface area contributed by atoms with Crippen molar-refractivity contribution in [2.75, 3.05) is 0 Å². The summed E-state index contributed by atoms with van der Waals surface area (Å²) in [5, 5.41) is 2.70. The Morgan fingerprint density at radius 3 is 2.46 bits per heavy atom. The number of carbonyl (C=O) groups excluding carboxylic acids is 2. The molecule has 1 aliphatic carbocycles. The zero-order valence-corrected chi connectivity index (χ0v) is 16.7. The van der Waals surface area contributed by atoms with Crippen molar-refractivity contribution < 1.29 is 9.59 Å². The maximum absolute atomic E-state index is 12.4. The molecule has 2 aromatic rings. The Hall–Kier alpha value is -2.82. The van der Waals surface area contributed by atoms with Gasteiger partial charge in [-0.1, -0.05) is 49.6 Å². The quantitative estimate of drug-likeness (QED) is 0.745. The van der Waals surface area contributed by atoms with Crippen LogP contribution in [0.3, 0.4) is 0 Å². The number of hydrogen-bond donors (Lipinski definition) is 2. The lowest BCUT2D eigenvalue weighted by atomic mass is 9.95. The molecular formula is C23H29N3O2. The van der Waals surface area contributed by atoms with Gasteiger partial charge in [-0.2, -0.15) is 0 Å². The van der Waals surface area contributed by atoms with Crippen LogP contribution in [0.2, 0.25) is 0 Å². The molecule has 0 aliphatic heterocycles. The van der Waals surface area contributed by atoms with Gasteiger partial charge in [-0.05, 0) is 50.0 Å². The fraction of sp³-hybridized carbons (Fsp3) is 0.391. The summed E-state index contributed by atoms with van der Waals surface area (Å²) in [6, 6.07) is 10.9. The predicted octanol–water partition coefficient (Wildman–Crippen LogP) is 3.97. The molecule has 1 atom stereocenters. The fourth-order valence-corrected chi connectivity index (χ4v) is 4.19. The van der Waals surface area contributed by atoms with Crippen molar-refractivity contribution >= 4 is 17.9 Å². The first kappa shape index (κ1) is 19.9. The molecule has 0 bridgehead atoms. The van der Waals surface area contributed by atoms with E-state index in [0.29, 0.717) is 11.6 Å². The molecule has 1 aromatic heterocycles. The summed E-state index contributed by atoms with van der Waals surface area (Å²) in [4.78, 5) is 24.2. The minimum Gasteiger partial charge on any atom is -0.368 e. The second-order valence-electron chi connectivity index (χ2n) is 7.58. The summed E-state index contributed by atoms with van der Waals surface area (Å²) in [5.41, 5.74) is 9.59. The minimum atomic E-state index is -0.840. The van der Waals surface area contributed by atoms with Crippen molar-refractivity contribution in [2.24, 2.45) is 5.73 Å². The number of rotatable bonds is 6. The summed E-state index contributed by atoms with van der Waals surface area (Å²) in [6.45, 7) is 4.23. The van der Waals surface area contributed by atoms with E-state index in [9.17, 15) is 9.59 Å². The van der Waals surface area contributed by atoms with Crippen LogP contribution in [-0.4, -0.2) is 16.4 Å². The van der Waals surface area contributed by atoms with Gasteiger partial charge in [0.1, 0.15) is 6.04 Å². The molecule has 28 heavy (non-hydrogen) atoms. The van der Waals surface area contributed by atoms with Crippen LogP contribution in [0.4, 0.5) is 0 Å². The summed E-state index contributed by atoms with van der Waals surface area (Å²) in [6.07, 6.45) is 9.62. The Bertz CT molecular complexity index is 861. The van der Waals surface area contributed by atoms with Gasteiger partial charge in [0.05, 0.1) is 0 Å². The first-order valence-corrected chi connectivity index (χ1v) is 9.98. The highest BCUT2D eigenvalue weighted by Gasteiger charge is 2.20. The Morgan fingerprint density at radius 1 is 1.14 bits per heavy atom. The second kappa shape index (κ2) is 8.91. The second-order valence-corrected chi connectivity index (χ2v) is 7.58. The number of primary amides is 1. The zero-order valence-electron chi connectivity index (χ0n) is 16.7. The van der Waals surface area contributed by atoms with Crippen LogP contribution in [0.25, 0.3) is 6.08 Å².